The van der Waals surface area contributed by atoms with E-state index in [9.17, 15) is 0 Å². The lowest BCUT2D eigenvalue weighted by atomic mass is 9.66. The highest BCUT2D eigenvalue weighted by Gasteiger charge is 2.48. The van der Waals surface area contributed by atoms with Gasteiger partial charge in [-0.25, -0.2) is 15.0 Å². The quantitative estimate of drug-likeness (QED) is 0.161. The SMILES string of the molecule is c1ccc(-c2ccc(-c3ccccc3-c3nc(-c4cccc5c4C(c4ccccc4)(c4ccccc4)c4ccccc4-5)nc(-c4cccc5c4oc4ccccc45)n3)cc2)cc1. The molecule has 4 heteroatoms. The molecule has 2 aromatic heterocycles. The van der Waals surface area contributed by atoms with Gasteiger partial charge in [-0.05, 0) is 67.8 Å². The normalized spacial score (nSPS) is 12.6. The highest BCUT2D eigenvalue weighted by molar-refractivity contribution is 6.09. The lowest BCUT2D eigenvalue weighted by molar-refractivity contribution is 0.669. The van der Waals surface area contributed by atoms with Gasteiger partial charge in [-0.15, -0.1) is 0 Å². The van der Waals surface area contributed by atoms with Crippen LogP contribution in [0.1, 0.15) is 22.3 Å². The van der Waals surface area contributed by atoms with Gasteiger partial charge in [-0.2, -0.15) is 0 Å². The monoisotopic (exact) mass is 791 g/mol. The number of aromatic nitrogens is 3. The van der Waals surface area contributed by atoms with Gasteiger partial charge in [-0.1, -0.05) is 212 Å². The standard InChI is InChI=1S/C58H37N3O/c1-4-18-38(19-5-1)39-34-36-40(37-35-39)43-24-10-11-27-48(43)55-59-56(61-57(60-55)50-31-17-29-47-45-26-13-15-33-52(45)62-54(47)50)49-30-16-28-46-44-25-12-14-32-51(44)58(53(46)49,41-20-6-2-7-21-41)42-22-8-3-9-23-42/h1-37H. The number of hydrogen-bond donors (Lipinski definition) is 0. The van der Waals surface area contributed by atoms with Crippen LogP contribution in [0.15, 0.2) is 229 Å². The maximum atomic E-state index is 6.63. The molecule has 2 heterocycles. The first kappa shape index (κ1) is 35.7. The van der Waals surface area contributed by atoms with Crippen LogP contribution < -0.4 is 0 Å². The number of rotatable bonds is 7. The van der Waals surface area contributed by atoms with Crippen molar-refractivity contribution >= 4 is 21.9 Å². The maximum absolute atomic E-state index is 6.63. The molecule has 11 aromatic rings. The fourth-order valence-corrected chi connectivity index (χ4v) is 9.75. The van der Waals surface area contributed by atoms with E-state index in [0.29, 0.717) is 17.5 Å². The predicted molar refractivity (Wildman–Crippen MR) is 252 cm³/mol. The lowest BCUT2D eigenvalue weighted by Crippen LogP contribution is -2.29. The fraction of sp³-hybridized carbons (Fsp3) is 0.0172. The molecule has 0 aliphatic heterocycles. The second-order valence-corrected chi connectivity index (χ2v) is 15.8. The third-order valence-electron chi connectivity index (χ3n) is 12.5. The Morgan fingerprint density at radius 1 is 0.306 bits per heavy atom. The third-order valence-corrected chi connectivity index (χ3v) is 12.5. The third kappa shape index (κ3) is 5.58. The van der Waals surface area contributed by atoms with Gasteiger partial charge >= 0.3 is 0 Å². The average Bonchev–Trinajstić information content (AvgIpc) is 3.89. The van der Waals surface area contributed by atoms with E-state index in [0.717, 1.165) is 66.4 Å². The molecule has 0 amide bonds. The van der Waals surface area contributed by atoms with Gasteiger partial charge in [0.05, 0.1) is 11.0 Å². The van der Waals surface area contributed by atoms with Crippen LogP contribution in [0.5, 0.6) is 0 Å². The van der Waals surface area contributed by atoms with E-state index < -0.39 is 5.41 Å². The zero-order valence-corrected chi connectivity index (χ0v) is 33.6. The van der Waals surface area contributed by atoms with E-state index in [2.05, 4.69) is 200 Å². The Bertz CT molecular complexity index is 3410. The summed E-state index contributed by atoms with van der Waals surface area (Å²) >= 11 is 0. The second kappa shape index (κ2) is 14.5. The molecule has 0 saturated carbocycles. The summed E-state index contributed by atoms with van der Waals surface area (Å²) in [4.78, 5) is 16.4. The van der Waals surface area contributed by atoms with Crippen LogP contribution in [-0.2, 0) is 5.41 Å². The number of hydrogen-bond acceptors (Lipinski definition) is 4. The average molecular weight is 792 g/mol. The van der Waals surface area contributed by atoms with E-state index in [-0.39, 0.29) is 0 Å². The first-order chi connectivity index (χ1) is 30.8. The Hall–Kier alpha value is -8.21. The van der Waals surface area contributed by atoms with Gasteiger partial charge in [0.2, 0.25) is 0 Å². The molecule has 0 unspecified atom stereocenters. The predicted octanol–water partition coefficient (Wildman–Crippen LogP) is 14.5. The van der Waals surface area contributed by atoms with Gasteiger partial charge in [-0.3, -0.25) is 0 Å². The van der Waals surface area contributed by atoms with Crippen molar-refractivity contribution in [1.82, 2.24) is 15.0 Å². The minimum atomic E-state index is -0.658. The summed E-state index contributed by atoms with van der Waals surface area (Å²) in [6.07, 6.45) is 0. The summed E-state index contributed by atoms with van der Waals surface area (Å²) in [5.41, 5.74) is 15.1. The number of benzene rings is 9. The lowest BCUT2D eigenvalue weighted by Gasteiger charge is -2.35. The summed E-state index contributed by atoms with van der Waals surface area (Å²) in [5, 5.41) is 2.07. The zero-order chi connectivity index (χ0) is 41.0. The molecular formula is C58H37N3O. The van der Waals surface area contributed by atoms with E-state index in [4.69, 9.17) is 19.4 Å². The summed E-state index contributed by atoms with van der Waals surface area (Å²) < 4.78 is 6.63. The van der Waals surface area contributed by atoms with Crippen LogP contribution in [0.3, 0.4) is 0 Å². The Morgan fingerprint density at radius 2 is 0.774 bits per heavy atom. The van der Waals surface area contributed by atoms with Gasteiger partial charge in [0.1, 0.15) is 11.2 Å². The van der Waals surface area contributed by atoms with Gasteiger partial charge in [0, 0.05) is 21.9 Å². The molecule has 4 nitrogen and oxygen atoms in total. The van der Waals surface area contributed by atoms with Gasteiger partial charge in [0.15, 0.2) is 17.5 Å². The second-order valence-electron chi connectivity index (χ2n) is 15.8. The van der Waals surface area contributed by atoms with Crippen LogP contribution >= 0.6 is 0 Å². The minimum Gasteiger partial charge on any atom is -0.455 e. The van der Waals surface area contributed by atoms with Crippen molar-refractivity contribution in [2.75, 3.05) is 0 Å². The van der Waals surface area contributed by atoms with Crippen molar-refractivity contribution in [3.05, 3.63) is 247 Å². The highest BCUT2D eigenvalue weighted by atomic mass is 16.3. The van der Waals surface area contributed by atoms with Crippen molar-refractivity contribution in [3.63, 3.8) is 0 Å². The molecule has 0 saturated heterocycles. The largest absolute Gasteiger partial charge is 0.455 e. The molecule has 0 spiro atoms. The molecule has 62 heavy (non-hydrogen) atoms. The summed E-state index contributed by atoms with van der Waals surface area (Å²) in [7, 11) is 0. The van der Waals surface area contributed by atoms with Crippen LogP contribution in [-0.4, -0.2) is 15.0 Å². The maximum Gasteiger partial charge on any atom is 0.167 e. The smallest absolute Gasteiger partial charge is 0.167 e. The molecule has 0 radical (unpaired) electrons. The first-order valence-electron chi connectivity index (χ1n) is 21.0. The number of furan rings is 1. The van der Waals surface area contributed by atoms with Gasteiger partial charge in [0.25, 0.3) is 0 Å². The number of para-hydroxylation sites is 2. The van der Waals surface area contributed by atoms with E-state index in [1.807, 2.05) is 24.3 Å². The topological polar surface area (TPSA) is 51.8 Å². The van der Waals surface area contributed by atoms with Crippen LogP contribution in [0.4, 0.5) is 0 Å². The molecule has 0 bridgehead atoms. The number of nitrogens with zero attached hydrogens (tertiary/aromatic N) is 3. The molecule has 12 rings (SSSR count). The molecule has 290 valence electrons. The summed E-state index contributed by atoms with van der Waals surface area (Å²) in [6, 6.07) is 79.2. The van der Waals surface area contributed by atoms with Crippen molar-refractivity contribution < 1.29 is 4.42 Å². The molecular weight excluding hydrogens is 755 g/mol. The Morgan fingerprint density at radius 3 is 1.50 bits per heavy atom. The molecule has 1 aliphatic rings. The number of fused-ring (bicyclic) bond motifs is 6. The van der Waals surface area contributed by atoms with E-state index >= 15 is 0 Å². The van der Waals surface area contributed by atoms with E-state index in [1.165, 1.54) is 27.8 Å². The Kier molecular flexibility index (Phi) is 8.36. The Balaban J connectivity index is 1.14. The van der Waals surface area contributed by atoms with Crippen LogP contribution in [0, 0.1) is 0 Å². The molecule has 9 aromatic carbocycles. The first-order valence-corrected chi connectivity index (χ1v) is 21.0. The highest BCUT2D eigenvalue weighted by Crippen LogP contribution is 2.58. The van der Waals surface area contributed by atoms with Crippen molar-refractivity contribution in [1.29, 1.82) is 0 Å². The Labute approximate surface area is 359 Å². The fourth-order valence-electron chi connectivity index (χ4n) is 9.75. The van der Waals surface area contributed by atoms with Crippen molar-refractivity contribution in [2.45, 2.75) is 5.41 Å². The summed E-state index contributed by atoms with van der Waals surface area (Å²) in [5.74, 6) is 1.72. The van der Waals surface area contributed by atoms with Crippen molar-refractivity contribution in [2.24, 2.45) is 0 Å². The van der Waals surface area contributed by atoms with Gasteiger partial charge < -0.3 is 4.42 Å². The van der Waals surface area contributed by atoms with Crippen LogP contribution in [0.2, 0.25) is 0 Å². The molecule has 1 aliphatic carbocycles. The van der Waals surface area contributed by atoms with Crippen molar-refractivity contribution in [3.8, 4) is 67.5 Å². The zero-order valence-electron chi connectivity index (χ0n) is 33.6. The van der Waals surface area contributed by atoms with E-state index in [1.54, 1.807) is 0 Å². The molecule has 0 fully saturated rings. The molecule has 0 N–H and O–H groups in total. The summed E-state index contributed by atoms with van der Waals surface area (Å²) in [6.45, 7) is 0. The van der Waals surface area contributed by atoms with Crippen LogP contribution in [0.25, 0.3) is 89.5 Å². The molecule has 0 atom stereocenters. The minimum absolute atomic E-state index is 0.544.